The normalized spacial score (nSPS) is 12.1. The number of hydrogen-bond donors (Lipinski definition) is 2. The molecule has 3 amide bonds. The third-order valence-electron chi connectivity index (χ3n) is 3.57. The number of urea groups is 1. The Bertz CT molecular complexity index is 934. The zero-order chi connectivity index (χ0) is 20.7. The first kappa shape index (κ1) is 21.1. The number of carbonyl (C=O) groups is 2. The zero-order valence-corrected chi connectivity index (χ0v) is 15.4. The van der Waals surface area contributed by atoms with Crippen molar-refractivity contribution in [1.29, 1.82) is 5.26 Å². The number of nitrogens with zero attached hydrogens (tertiary/aromatic N) is 2. The second-order valence-electron chi connectivity index (χ2n) is 5.36. The van der Waals surface area contributed by atoms with Crippen LogP contribution in [0.3, 0.4) is 0 Å². The molecule has 6 nitrogen and oxygen atoms in total. The zero-order valence-electron chi connectivity index (χ0n) is 14.6. The van der Waals surface area contributed by atoms with Gasteiger partial charge in [-0.25, -0.2) is 18.0 Å². The van der Waals surface area contributed by atoms with Gasteiger partial charge in [-0.3, -0.25) is 9.10 Å². The van der Waals surface area contributed by atoms with Crippen LogP contribution in [0.1, 0.15) is 18.1 Å². The summed E-state index contributed by atoms with van der Waals surface area (Å²) < 4.78 is 39.9. The van der Waals surface area contributed by atoms with Crippen molar-refractivity contribution in [3.8, 4) is 6.07 Å². The molecule has 3 rings (SSSR count). The Morgan fingerprint density at radius 2 is 2.00 bits per heavy atom. The maximum atomic E-state index is 13.3. The van der Waals surface area contributed by atoms with Crippen LogP contribution in [-0.2, 0) is 11.3 Å². The monoisotopic (exact) mass is 408 g/mol. The van der Waals surface area contributed by atoms with Crippen LogP contribution in [0.5, 0.6) is 0 Å². The Balaban J connectivity index is 0.000000209. The van der Waals surface area contributed by atoms with Crippen LogP contribution >= 0.6 is 11.9 Å². The smallest absolute Gasteiger partial charge is 0.332 e. The van der Waals surface area contributed by atoms with Crippen molar-refractivity contribution in [2.24, 2.45) is 0 Å². The Kier molecular flexibility index (Phi) is 7.28. The maximum Gasteiger partial charge on any atom is 0.332 e. The molecule has 0 atom stereocenters. The van der Waals surface area contributed by atoms with E-state index in [-0.39, 0.29) is 23.7 Å². The number of anilines is 1. The molecular formula is C18H15F3N4O2S. The van der Waals surface area contributed by atoms with Gasteiger partial charge in [0.2, 0.25) is 6.41 Å². The summed E-state index contributed by atoms with van der Waals surface area (Å²) in [7, 11) is 0. The summed E-state index contributed by atoms with van der Waals surface area (Å²) in [6, 6.07) is 7.41. The van der Waals surface area contributed by atoms with Gasteiger partial charge in [-0.2, -0.15) is 5.26 Å². The highest BCUT2D eigenvalue weighted by Crippen LogP contribution is 2.38. The van der Waals surface area contributed by atoms with Crippen molar-refractivity contribution in [2.45, 2.75) is 18.4 Å². The number of hydrogen-bond acceptors (Lipinski definition) is 4. The third kappa shape index (κ3) is 4.95. The second kappa shape index (κ2) is 9.66. The number of carbonyl (C=O) groups excluding carboxylic acids is 2. The molecule has 0 fully saturated rings. The van der Waals surface area contributed by atoms with Gasteiger partial charge < -0.3 is 10.6 Å². The van der Waals surface area contributed by atoms with Gasteiger partial charge in [0.15, 0.2) is 0 Å². The van der Waals surface area contributed by atoms with Gasteiger partial charge in [0, 0.05) is 24.7 Å². The molecule has 146 valence electrons. The first-order chi connectivity index (χ1) is 13.4. The van der Waals surface area contributed by atoms with Crippen molar-refractivity contribution in [1.82, 2.24) is 9.62 Å². The van der Waals surface area contributed by atoms with Gasteiger partial charge in [-0.15, -0.1) is 0 Å². The van der Waals surface area contributed by atoms with E-state index in [1.807, 2.05) is 13.0 Å². The molecule has 0 radical (unpaired) electrons. The lowest BCUT2D eigenvalue weighted by Gasteiger charge is -2.27. The average molecular weight is 408 g/mol. The van der Waals surface area contributed by atoms with Gasteiger partial charge in [0.25, 0.3) is 0 Å². The molecule has 1 aliphatic heterocycles. The van der Waals surface area contributed by atoms with Gasteiger partial charge in [0.1, 0.15) is 29.1 Å². The molecule has 1 aliphatic rings. The maximum absolute atomic E-state index is 13.3. The SMILES string of the molecule is CCN1Sc2c(ccc(F)c2C#N)NC1=O.O=CNCc1ccc(F)cc1F. The summed E-state index contributed by atoms with van der Waals surface area (Å²) in [6.07, 6.45) is 0.461. The van der Waals surface area contributed by atoms with E-state index >= 15 is 0 Å². The van der Waals surface area contributed by atoms with Crippen molar-refractivity contribution in [3.05, 3.63) is 58.9 Å². The summed E-state index contributed by atoms with van der Waals surface area (Å²) in [4.78, 5) is 21.8. The highest BCUT2D eigenvalue weighted by molar-refractivity contribution is 7.97. The molecule has 28 heavy (non-hydrogen) atoms. The van der Waals surface area contributed by atoms with Crippen LogP contribution in [0.25, 0.3) is 0 Å². The lowest BCUT2D eigenvalue weighted by molar-refractivity contribution is -0.109. The summed E-state index contributed by atoms with van der Waals surface area (Å²) in [6.45, 7) is 2.37. The quantitative estimate of drug-likeness (QED) is 0.596. The fourth-order valence-electron chi connectivity index (χ4n) is 2.21. The number of nitriles is 1. The number of nitrogens with one attached hydrogen (secondary N) is 2. The van der Waals surface area contributed by atoms with Gasteiger partial charge in [-0.1, -0.05) is 6.07 Å². The number of rotatable bonds is 4. The van der Waals surface area contributed by atoms with Crippen molar-refractivity contribution < 1.29 is 22.8 Å². The molecule has 0 unspecified atom stereocenters. The molecule has 1 heterocycles. The minimum Gasteiger partial charge on any atom is -0.354 e. The molecule has 0 bridgehead atoms. The standard InChI is InChI=1S/C10H8FN3OS.C8H7F2NO/c1-2-14-10(15)13-8-4-3-7(11)6(5-12)9(8)16-14;9-7-2-1-6(4-11-5-12)8(10)3-7/h3-4H,2H2,1H3,(H,13,15);1-3,5H,4H2,(H,11,12). The fraction of sp³-hybridized carbons (Fsp3) is 0.167. The Morgan fingerprint density at radius 3 is 2.61 bits per heavy atom. The largest absolute Gasteiger partial charge is 0.354 e. The van der Waals surface area contributed by atoms with Crippen LogP contribution < -0.4 is 10.6 Å². The first-order valence-electron chi connectivity index (χ1n) is 8.01. The van der Waals surface area contributed by atoms with Crippen molar-refractivity contribution >= 4 is 30.1 Å². The van der Waals surface area contributed by atoms with E-state index in [1.54, 1.807) is 0 Å². The minimum atomic E-state index is -0.649. The second-order valence-corrected chi connectivity index (χ2v) is 6.39. The predicted octanol–water partition coefficient (Wildman–Crippen LogP) is 3.78. The third-order valence-corrected chi connectivity index (χ3v) is 4.82. The number of amides is 3. The number of halogens is 3. The molecule has 0 aromatic heterocycles. The number of fused-ring (bicyclic) bond motifs is 1. The topological polar surface area (TPSA) is 85.2 Å². The van der Waals surface area contributed by atoms with Gasteiger partial charge >= 0.3 is 6.03 Å². The van der Waals surface area contributed by atoms with E-state index in [9.17, 15) is 22.8 Å². The first-order valence-corrected chi connectivity index (χ1v) is 8.78. The molecule has 10 heteroatoms. The Hall–Kier alpha value is -3.19. The van der Waals surface area contributed by atoms with Crippen LogP contribution in [0.2, 0.25) is 0 Å². The number of benzene rings is 2. The molecule has 0 aliphatic carbocycles. The van der Waals surface area contributed by atoms with Crippen molar-refractivity contribution in [2.75, 3.05) is 11.9 Å². The molecule has 0 saturated heterocycles. The highest BCUT2D eigenvalue weighted by atomic mass is 32.2. The minimum absolute atomic E-state index is 0.0269. The lowest BCUT2D eigenvalue weighted by atomic mass is 10.2. The van der Waals surface area contributed by atoms with E-state index in [0.717, 1.165) is 24.1 Å². The molecule has 0 saturated carbocycles. The van der Waals surface area contributed by atoms with E-state index < -0.39 is 17.5 Å². The fourth-order valence-corrected chi connectivity index (χ4v) is 3.14. The highest BCUT2D eigenvalue weighted by Gasteiger charge is 2.26. The van der Waals surface area contributed by atoms with Crippen LogP contribution in [0.15, 0.2) is 35.2 Å². The van der Waals surface area contributed by atoms with Gasteiger partial charge in [-0.05, 0) is 37.1 Å². The van der Waals surface area contributed by atoms with E-state index in [0.29, 0.717) is 23.5 Å². The predicted molar refractivity (Wildman–Crippen MR) is 97.6 cm³/mol. The summed E-state index contributed by atoms with van der Waals surface area (Å²) >= 11 is 1.09. The van der Waals surface area contributed by atoms with Crippen LogP contribution in [-0.4, -0.2) is 23.3 Å². The molecule has 2 N–H and O–H groups in total. The van der Waals surface area contributed by atoms with Gasteiger partial charge in [0.05, 0.1) is 10.6 Å². The van der Waals surface area contributed by atoms with Crippen molar-refractivity contribution in [3.63, 3.8) is 0 Å². The molecular weight excluding hydrogens is 393 g/mol. The van der Waals surface area contributed by atoms with Crippen LogP contribution in [0.4, 0.5) is 23.7 Å². The molecule has 2 aromatic carbocycles. The van der Waals surface area contributed by atoms with E-state index in [4.69, 9.17) is 5.26 Å². The average Bonchev–Trinajstić information content (AvgIpc) is 2.67. The molecule has 0 spiro atoms. The summed E-state index contributed by atoms with van der Waals surface area (Å²) in [5.41, 5.74) is 0.724. The van der Waals surface area contributed by atoms with E-state index in [1.165, 1.54) is 22.5 Å². The Labute approximate surface area is 163 Å². The lowest BCUT2D eigenvalue weighted by Crippen LogP contribution is -2.32. The summed E-state index contributed by atoms with van der Waals surface area (Å²) in [5, 5.41) is 13.8. The summed E-state index contributed by atoms with van der Waals surface area (Å²) in [5.74, 6) is -1.84. The van der Waals surface area contributed by atoms with E-state index in [2.05, 4.69) is 10.6 Å². The molecule has 2 aromatic rings. The van der Waals surface area contributed by atoms with Crippen LogP contribution in [0, 0.1) is 28.8 Å². The Morgan fingerprint density at radius 1 is 1.25 bits per heavy atom.